The van der Waals surface area contributed by atoms with Gasteiger partial charge in [0.25, 0.3) is 0 Å². The van der Waals surface area contributed by atoms with Crippen molar-refractivity contribution in [2.45, 2.75) is 6.42 Å². The van der Waals surface area contributed by atoms with Crippen LogP contribution >= 0.6 is 0 Å². The first-order valence-corrected chi connectivity index (χ1v) is 6.93. The number of ether oxygens (including phenoxy) is 4. The van der Waals surface area contributed by atoms with Crippen LogP contribution in [0.1, 0.15) is 5.56 Å². The normalized spacial score (nSPS) is 10.7. The van der Waals surface area contributed by atoms with E-state index >= 15 is 0 Å². The lowest BCUT2D eigenvalue weighted by molar-refractivity contribution is 0.0179. The highest BCUT2D eigenvalue weighted by molar-refractivity contribution is 5.28. The molecule has 0 radical (unpaired) electrons. The monoisotopic (exact) mass is 283 g/mol. The topological polar surface area (TPSA) is 62.9 Å². The zero-order chi connectivity index (χ0) is 14.5. The summed E-state index contributed by atoms with van der Waals surface area (Å²) in [6.07, 6.45) is 0.868. The summed E-state index contributed by atoms with van der Waals surface area (Å²) >= 11 is 0. The number of hydrogen-bond acceptors (Lipinski definition) is 5. The Bertz CT molecular complexity index is 346. The van der Waals surface area contributed by atoms with Gasteiger partial charge in [-0.1, -0.05) is 12.1 Å². The lowest BCUT2D eigenvalue weighted by atomic mass is 10.1. The van der Waals surface area contributed by atoms with Crippen LogP contribution in [0.25, 0.3) is 0 Å². The summed E-state index contributed by atoms with van der Waals surface area (Å²) in [4.78, 5) is 0. The molecule has 0 spiro atoms. The highest BCUT2D eigenvalue weighted by atomic mass is 16.6. The molecule has 0 atom stereocenters. The van der Waals surface area contributed by atoms with E-state index in [2.05, 4.69) is 0 Å². The molecule has 0 fully saturated rings. The maximum atomic E-state index is 5.61. The van der Waals surface area contributed by atoms with Crippen LogP contribution in [0.2, 0.25) is 0 Å². The van der Waals surface area contributed by atoms with E-state index in [0.717, 1.165) is 12.2 Å². The quantitative estimate of drug-likeness (QED) is 0.585. The highest BCUT2D eigenvalue weighted by Crippen LogP contribution is 2.13. The molecule has 0 unspecified atom stereocenters. The minimum atomic E-state index is 0.532. The summed E-state index contributed by atoms with van der Waals surface area (Å²) in [5, 5.41) is 0. The number of methoxy groups -OCH3 is 1. The molecule has 0 amide bonds. The predicted octanol–water partition coefficient (Wildman–Crippen LogP) is 1.25. The van der Waals surface area contributed by atoms with Crippen molar-refractivity contribution in [2.75, 3.05) is 53.3 Å². The first kappa shape index (κ1) is 16.9. The third-order valence-corrected chi connectivity index (χ3v) is 2.63. The van der Waals surface area contributed by atoms with Gasteiger partial charge in [-0.3, -0.25) is 0 Å². The zero-order valence-electron chi connectivity index (χ0n) is 12.2. The molecular weight excluding hydrogens is 258 g/mol. The Labute approximate surface area is 121 Å². The van der Waals surface area contributed by atoms with Crippen molar-refractivity contribution in [2.24, 2.45) is 5.73 Å². The molecule has 1 aromatic rings. The second-order valence-electron chi connectivity index (χ2n) is 4.25. The molecule has 0 aromatic heterocycles. The van der Waals surface area contributed by atoms with Gasteiger partial charge in [-0.2, -0.15) is 0 Å². The molecule has 0 aliphatic heterocycles. The summed E-state index contributed by atoms with van der Waals surface area (Å²) in [6.45, 7) is 4.09. The van der Waals surface area contributed by atoms with E-state index in [4.69, 9.17) is 24.7 Å². The molecule has 114 valence electrons. The maximum absolute atomic E-state index is 5.61. The molecule has 0 saturated heterocycles. The second-order valence-corrected chi connectivity index (χ2v) is 4.25. The largest absolute Gasteiger partial charge is 0.491 e. The van der Waals surface area contributed by atoms with Gasteiger partial charge >= 0.3 is 0 Å². The van der Waals surface area contributed by atoms with E-state index in [0.29, 0.717) is 46.2 Å². The Morgan fingerprint density at radius 1 is 0.950 bits per heavy atom. The van der Waals surface area contributed by atoms with Crippen LogP contribution < -0.4 is 10.5 Å². The molecule has 1 aromatic carbocycles. The molecule has 0 bridgehead atoms. The Kier molecular flexibility index (Phi) is 9.87. The van der Waals surface area contributed by atoms with E-state index in [9.17, 15) is 0 Å². The van der Waals surface area contributed by atoms with Gasteiger partial charge in [0.2, 0.25) is 0 Å². The number of benzene rings is 1. The lowest BCUT2D eigenvalue weighted by Gasteiger charge is -2.09. The van der Waals surface area contributed by atoms with Crippen LogP contribution in [0.15, 0.2) is 24.3 Å². The average molecular weight is 283 g/mol. The fourth-order valence-corrected chi connectivity index (χ4v) is 1.64. The average Bonchev–Trinajstić information content (AvgIpc) is 2.46. The molecular formula is C15H25NO4. The van der Waals surface area contributed by atoms with Crippen LogP contribution in [0.4, 0.5) is 0 Å². The molecule has 0 aliphatic rings. The van der Waals surface area contributed by atoms with E-state index in [-0.39, 0.29) is 0 Å². The molecule has 5 heteroatoms. The van der Waals surface area contributed by atoms with Gasteiger partial charge in [0.05, 0.1) is 33.0 Å². The van der Waals surface area contributed by atoms with Crippen LogP contribution in [0, 0.1) is 0 Å². The third kappa shape index (κ3) is 8.12. The molecule has 0 saturated carbocycles. The van der Waals surface area contributed by atoms with E-state index in [1.165, 1.54) is 5.56 Å². The van der Waals surface area contributed by atoms with E-state index in [1.807, 2.05) is 24.3 Å². The summed E-state index contributed by atoms with van der Waals surface area (Å²) in [5.41, 5.74) is 6.72. The molecule has 0 aliphatic carbocycles. The minimum Gasteiger partial charge on any atom is -0.491 e. The molecule has 2 N–H and O–H groups in total. The first-order valence-electron chi connectivity index (χ1n) is 6.93. The minimum absolute atomic E-state index is 0.532. The summed E-state index contributed by atoms with van der Waals surface area (Å²) in [5.74, 6) is 0.857. The summed E-state index contributed by atoms with van der Waals surface area (Å²) < 4.78 is 21.2. The third-order valence-electron chi connectivity index (χ3n) is 2.63. The van der Waals surface area contributed by atoms with Gasteiger partial charge in [-0.15, -0.1) is 0 Å². The fraction of sp³-hybridized carbons (Fsp3) is 0.600. The SMILES string of the molecule is COCCOCCOCCOc1cccc(CCN)c1. The van der Waals surface area contributed by atoms with Crippen molar-refractivity contribution in [1.29, 1.82) is 0 Å². The molecule has 5 nitrogen and oxygen atoms in total. The molecule has 1 rings (SSSR count). The van der Waals surface area contributed by atoms with Gasteiger partial charge in [-0.25, -0.2) is 0 Å². The van der Waals surface area contributed by atoms with Crippen LogP contribution in [0.3, 0.4) is 0 Å². The van der Waals surface area contributed by atoms with Gasteiger partial charge in [0, 0.05) is 7.11 Å². The van der Waals surface area contributed by atoms with E-state index in [1.54, 1.807) is 7.11 Å². The molecule has 0 heterocycles. The van der Waals surface area contributed by atoms with Gasteiger partial charge in [0.15, 0.2) is 0 Å². The van der Waals surface area contributed by atoms with Crippen LogP contribution in [-0.4, -0.2) is 53.3 Å². The smallest absolute Gasteiger partial charge is 0.119 e. The van der Waals surface area contributed by atoms with Gasteiger partial charge < -0.3 is 24.7 Å². The second kappa shape index (κ2) is 11.7. The van der Waals surface area contributed by atoms with Crippen molar-refractivity contribution in [3.05, 3.63) is 29.8 Å². The van der Waals surface area contributed by atoms with Crippen molar-refractivity contribution in [1.82, 2.24) is 0 Å². The number of rotatable bonds is 12. The Hall–Kier alpha value is -1.14. The van der Waals surface area contributed by atoms with Crippen molar-refractivity contribution < 1.29 is 18.9 Å². The van der Waals surface area contributed by atoms with Crippen molar-refractivity contribution in [3.63, 3.8) is 0 Å². The molecule has 20 heavy (non-hydrogen) atoms. The Morgan fingerprint density at radius 2 is 1.65 bits per heavy atom. The van der Waals surface area contributed by atoms with Crippen LogP contribution in [0.5, 0.6) is 5.75 Å². The van der Waals surface area contributed by atoms with Gasteiger partial charge in [0.1, 0.15) is 12.4 Å². The van der Waals surface area contributed by atoms with Crippen molar-refractivity contribution in [3.8, 4) is 5.75 Å². The zero-order valence-corrected chi connectivity index (χ0v) is 12.2. The van der Waals surface area contributed by atoms with E-state index < -0.39 is 0 Å². The summed E-state index contributed by atoms with van der Waals surface area (Å²) in [7, 11) is 1.65. The Balaban J connectivity index is 2.02. The predicted molar refractivity (Wildman–Crippen MR) is 78.2 cm³/mol. The van der Waals surface area contributed by atoms with Crippen molar-refractivity contribution >= 4 is 0 Å². The fourth-order valence-electron chi connectivity index (χ4n) is 1.64. The lowest BCUT2D eigenvalue weighted by Crippen LogP contribution is -2.12. The first-order chi connectivity index (χ1) is 9.86. The highest BCUT2D eigenvalue weighted by Gasteiger charge is 1.97. The number of hydrogen-bond donors (Lipinski definition) is 1. The number of nitrogens with two attached hydrogens (primary N) is 1. The van der Waals surface area contributed by atoms with Crippen LogP contribution in [-0.2, 0) is 20.6 Å². The Morgan fingerprint density at radius 3 is 2.35 bits per heavy atom. The summed E-state index contributed by atoms with van der Waals surface area (Å²) in [6, 6.07) is 7.98. The van der Waals surface area contributed by atoms with Gasteiger partial charge in [-0.05, 0) is 30.7 Å². The standard InChI is InChI=1S/C15H25NO4/c1-17-7-8-18-9-10-19-11-12-20-15-4-2-3-14(13-15)5-6-16/h2-4,13H,5-12,16H2,1H3. The maximum Gasteiger partial charge on any atom is 0.119 e.